The highest BCUT2D eigenvalue weighted by atomic mass is 16.5. The molecule has 1 N–H and O–H groups in total. The zero-order valence-electron chi connectivity index (χ0n) is 12.4. The fourth-order valence-electron chi connectivity index (χ4n) is 1.83. The van der Waals surface area contributed by atoms with Crippen molar-refractivity contribution in [3.63, 3.8) is 0 Å². The number of benzene rings is 1. The van der Waals surface area contributed by atoms with Gasteiger partial charge in [-0.05, 0) is 31.9 Å². The Morgan fingerprint density at radius 2 is 1.89 bits per heavy atom. The summed E-state index contributed by atoms with van der Waals surface area (Å²) in [6, 6.07) is 10.9. The van der Waals surface area contributed by atoms with Gasteiger partial charge in [0.2, 0.25) is 0 Å². The third-order valence-corrected chi connectivity index (χ3v) is 2.93. The molecular formula is C17H27NO. The molecule has 0 aromatic heterocycles. The maximum absolute atomic E-state index is 5.76. The van der Waals surface area contributed by atoms with E-state index >= 15 is 0 Å². The molecule has 2 nitrogen and oxygen atoms in total. The quantitative estimate of drug-likeness (QED) is 0.681. The van der Waals surface area contributed by atoms with Crippen LogP contribution < -0.4 is 5.32 Å². The van der Waals surface area contributed by atoms with Crippen molar-refractivity contribution >= 4 is 6.08 Å². The smallest absolute Gasteiger partial charge is 0.0654 e. The standard InChI is InChI=1S/C17H27NO/c1-15(2)18-13-7-9-16(3)19-14-8-12-17-10-5-4-6-11-17/h4-6,8,10-12,15-16,18H,7,9,13-14H2,1-3H3. The topological polar surface area (TPSA) is 21.3 Å². The summed E-state index contributed by atoms with van der Waals surface area (Å²) in [4.78, 5) is 0. The van der Waals surface area contributed by atoms with Crippen LogP contribution in [0.2, 0.25) is 0 Å². The molecule has 0 amide bonds. The van der Waals surface area contributed by atoms with E-state index < -0.39 is 0 Å². The first-order valence-corrected chi connectivity index (χ1v) is 7.25. The van der Waals surface area contributed by atoms with Crippen LogP contribution in [-0.4, -0.2) is 25.3 Å². The van der Waals surface area contributed by atoms with Crippen molar-refractivity contribution in [3.8, 4) is 0 Å². The lowest BCUT2D eigenvalue weighted by molar-refractivity contribution is 0.0805. The van der Waals surface area contributed by atoms with Crippen molar-refractivity contribution in [1.29, 1.82) is 0 Å². The maximum Gasteiger partial charge on any atom is 0.0654 e. The van der Waals surface area contributed by atoms with Crippen LogP contribution in [-0.2, 0) is 4.74 Å². The lowest BCUT2D eigenvalue weighted by Crippen LogP contribution is -2.24. The molecule has 0 aliphatic heterocycles. The van der Waals surface area contributed by atoms with Gasteiger partial charge in [-0.2, -0.15) is 0 Å². The molecule has 0 saturated heterocycles. The van der Waals surface area contributed by atoms with Crippen molar-refractivity contribution in [2.75, 3.05) is 13.2 Å². The lowest BCUT2D eigenvalue weighted by atomic mass is 10.2. The molecule has 1 aromatic carbocycles. The second kappa shape index (κ2) is 9.76. The predicted octanol–water partition coefficient (Wildman–Crippen LogP) is 3.88. The first-order chi connectivity index (χ1) is 9.18. The van der Waals surface area contributed by atoms with E-state index in [1.807, 2.05) is 18.2 Å². The van der Waals surface area contributed by atoms with Crippen LogP contribution in [0.15, 0.2) is 36.4 Å². The summed E-state index contributed by atoms with van der Waals surface area (Å²) in [5, 5.41) is 3.42. The van der Waals surface area contributed by atoms with Crippen molar-refractivity contribution in [2.45, 2.75) is 45.8 Å². The first-order valence-electron chi connectivity index (χ1n) is 7.25. The molecule has 0 fully saturated rings. The first kappa shape index (κ1) is 15.9. The molecule has 1 unspecified atom stereocenters. The van der Waals surface area contributed by atoms with Gasteiger partial charge in [-0.25, -0.2) is 0 Å². The van der Waals surface area contributed by atoms with Gasteiger partial charge in [-0.3, -0.25) is 0 Å². The molecule has 1 rings (SSSR count). The molecule has 0 saturated carbocycles. The van der Waals surface area contributed by atoms with Gasteiger partial charge < -0.3 is 10.1 Å². The summed E-state index contributed by atoms with van der Waals surface area (Å²) in [6.07, 6.45) is 6.79. The average molecular weight is 261 g/mol. The second-order valence-electron chi connectivity index (χ2n) is 5.21. The van der Waals surface area contributed by atoms with Crippen molar-refractivity contribution in [3.05, 3.63) is 42.0 Å². The molecule has 0 radical (unpaired) electrons. The summed E-state index contributed by atoms with van der Waals surface area (Å²) in [7, 11) is 0. The number of rotatable bonds is 9. The highest BCUT2D eigenvalue weighted by Crippen LogP contribution is 2.03. The van der Waals surface area contributed by atoms with E-state index in [4.69, 9.17) is 4.74 Å². The van der Waals surface area contributed by atoms with Crippen LogP contribution in [0.1, 0.15) is 39.2 Å². The van der Waals surface area contributed by atoms with Crippen LogP contribution in [0.5, 0.6) is 0 Å². The van der Waals surface area contributed by atoms with Gasteiger partial charge in [0.25, 0.3) is 0 Å². The molecule has 1 aromatic rings. The van der Waals surface area contributed by atoms with Crippen LogP contribution in [0, 0.1) is 0 Å². The number of nitrogens with one attached hydrogen (secondary N) is 1. The van der Waals surface area contributed by atoms with E-state index in [0.29, 0.717) is 18.8 Å². The van der Waals surface area contributed by atoms with Gasteiger partial charge in [0.1, 0.15) is 0 Å². The van der Waals surface area contributed by atoms with E-state index in [1.54, 1.807) is 0 Å². The Kier molecular flexibility index (Phi) is 8.19. The largest absolute Gasteiger partial charge is 0.374 e. The van der Waals surface area contributed by atoms with Crippen molar-refractivity contribution in [2.24, 2.45) is 0 Å². The van der Waals surface area contributed by atoms with E-state index in [0.717, 1.165) is 13.0 Å². The maximum atomic E-state index is 5.76. The van der Waals surface area contributed by atoms with Crippen molar-refractivity contribution < 1.29 is 4.74 Å². The fraction of sp³-hybridized carbons (Fsp3) is 0.529. The molecule has 1 atom stereocenters. The van der Waals surface area contributed by atoms with E-state index in [1.165, 1.54) is 12.0 Å². The van der Waals surface area contributed by atoms with Gasteiger partial charge >= 0.3 is 0 Å². The summed E-state index contributed by atoms with van der Waals surface area (Å²) in [6.45, 7) is 8.26. The summed E-state index contributed by atoms with van der Waals surface area (Å²) in [5.74, 6) is 0. The Balaban J connectivity index is 2.07. The van der Waals surface area contributed by atoms with Gasteiger partial charge in [0.15, 0.2) is 0 Å². The Labute approximate surface area is 117 Å². The van der Waals surface area contributed by atoms with Gasteiger partial charge in [-0.1, -0.05) is 56.3 Å². The summed E-state index contributed by atoms with van der Waals surface area (Å²) >= 11 is 0. The van der Waals surface area contributed by atoms with E-state index in [9.17, 15) is 0 Å². The Bertz CT molecular complexity index is 346. The SMILES string of the molecule is CC(C)NCCCC(C)OCC=Cc1ccccc1. The number of ether oxygens (including phenoxy) is 1. The summed E-state index contributed by atoms with van der Waals surface area (Å²) in [5.41, 5.74) is 1.22. The molecule has 0 aliphatic rings. The van der Waals surface area contributed by atoms with Crippen molar-refractivity contribution in [1.82, 2.24) is 5.32 Å². The number of hydrogen-bond acceptors (Lipinski definition) is 2. The molecule has 106 valence electrons. The Hall–Kier alpha value is -1.12. The second-order valence-corrected chi connectivity index (χ2v) is 5.21. The minimum Gasteiger partial charge on any atom is -0.374 e. The number of hydrogen-bond donors (Lipinski definition) is 1. The van der Waals surface area contributed by atoms with Crippen LogP contribution >= 0.6 is 0 Å². The van der Waals surface area contributed by atoms with Crippen LogP contribution in [0.25, 0.3) is 6.08 Å². The highest BCUT2D eigenvalue weighted by Gasteiger charge is 2.00. The van der Waals surface area contributed by atoms with Gasteiger partial charge in [0.05, 0.1) is 12.7 Å². The highest BCUT2D eigenvalue weighted by molar-refractivity contribution is 5.48. The lowest BCUT2D eigenvalue weighted by Gasteiger charge is -2.12. The normalized spacial score (nSPS) is 13.3. The van der Waals surface area contributed by atoms with E-state index in [-0.39, 0.29) is 0 Å². The predicted molar refractivity (Wildman–Crippen MR) is 83.3 cm³/mol. The third kappa shape index (κ3) is 8.57. The minimum absolute atomic E-state index is 0.328. The minimum atomic E-state index is 0.328. The Morgan fingerprint density at radius 3 is 2.58 bits per heavy atom. The van der Waals surface area contributed by atoms with E-state index in [2.05, 4.69) is 50.4 Å². The molecule has 0 heterocycles. The van der Waals surface area contributed by atoms with Crippen LogP contribution in [0.4, 0.5) is 0 Å². The van der Waals surface area contributed by atoms with Gasteiger partial charge in [0, 0.05) is 6.04 Å². The monoisotopic (exact) mass is 261 g/mol. The molecule has 0 aliphatic carbocycles. The van der Waals surface area contributed by atoms with Crippen LogP contribution in [0.3, 0.4) is 0 Å². The summed E-state index contributed by atoms with van der Waals surface area (Å²) < 4.78 is 5.76. The average Bonchev–Trinajstić information content (AvgIpc) is 2.41. The van der Waals surface area contributed by atoms with Gasteiger partial charge in [-0.15, -0.1) is 0 Å². The zero-order valence-corrected chi connectivity index (χ0v) is 12.4. The third-order valence-electron chi connectivity index (χ3n) is 2.93. The molecule has 19 heavy (non-hydrogen) atoms. The zero-order chi connectivity index (χ0) is 13.9. The molecular weight excluding hydrogens is 234 g/mol. The molecule has 0 spiro atoms. The molecule has 2 heteroatoms. The molecule has 0 bridgehead atoms. The Morgan fingerprint density at radius 1 is 1.16 bits per heavy atom. The fourth-order valence-corrected chi connectivity index (χ4v) is 1.83.